The summed E-state index contributed by atoms with van der Waals surface area (Å²) in [4.78, 5) is 26.3. The summed E-state index contributed by atoms with van der Waals surface area (Å²) in [5.74, 6) is 0.455. The summed E-state index contributed by atoms with van der Waals surface area (Å²) in [6, 6.07) is 14.6. The fourth-order valence-electron chi connectivity index (χ4n) is 2.74. The molecule has 27 heavy (non-hydrogen) atoms. The lowest BCUT2D eigenvalue weighted by atomic mass is 10.2. The summed E-state index contributed by atoms with van der Waals surface area (Å²) in [6.45, 7) is 4.12. The lowest BCUT2D eigenvalue weighted by Crippen LogP contribution is -2.39. The molecule has 0 saturated carbocycles. The summed E-state index contributed by atoms with van der Waals surface area (Å²) >= 11 is 0. The van der Waals surface area contributed by atoms with E-state index in [2.05, 4.69) is 0 Å². The van der Waals surface area contributed by atoms with Crippen LogP contribution in [0.2, 0.25) is 0 Å². The number of likely N-dealkylation sites (N-methyl/N-ethyl adjacent to an activating group) is 1. The van der Waals surface area contributed by atoms with Crippen molar-refractivity contribution in [1.29, 1.82) is 0 Å². The first-order chi connectivity index (χ1) is 13.1. The van der Waals surface area contributed by atoms with Gasteiger partial charge in [-0.1, -0.05) is 24.3 Å². The van der Waals surface area contributed by atoms with Gasteiger partial charge in [-0.15, -0.1) is 0 Å². The highest BCUT2D eigenvalue weighted by molar-refractivity contribution is 5.98. The molecule has 0 N–H and O–H groups in total. The fourth-order valence-corrected chi connectivity index (χ4v) is 2.74. The molecule has 1 heterocycles. The largest absolute Gasteiger partial charge is 0.454 e. The van der Waals surface area contributed by atoms with Crippen LogP contribution in [0.25, 0.3) is 6.08 Å². The minimum absolute atomic E-state index is 0.194. The van der Waals surface area contributed by atoms with Crippen LogP contribution in [0.3, 0.4) is 0 Å². The van der Waals surface area contributed by atoms with Gasteiger partial charge in [-0.05, 0) is 49.8 Å². The van der Waals surface area contributed by atoms with E-state index in [1.165, 1.54) is 6.08 Å². The number of rotatable bonds is 6. The fraction of sp³-hybridized carbons (Fsp3) is 0.238. The van der Waals surface area contributed by atoms with Crippen molar-refractivity contribution < 1.29 is 23.8 Å². The van der Waals surface area contributed by atoms with Crippen molar-refractivity contribution in [3.05, 3.63) is 60.2 Å². The molecule has 0 fully saturated rings. The molecule has 1 aliphatic heterocycles. The van der Waals surface area contributed by atoms with Gasteiger partial charge in [-0.25, -0.2) is 4.79 Å². The zero-order valence-corrected chi connectivity index (χ0v) is 15.3. The number of fused-ring (bicyclic) bond motifs is 1. The maximum absolute atomic E-state index is 12.6. The number of benzene rings is 2. The van der Waals surface area contributed by atoms with Crippen LogP contribution in [0.5, 0.6) is 11.5 Å². The second-order valence-electron chi connectivity index (χ2n) is 5.94. The van der Waals surface area contributed by atoms with Crippen molar-refractivity contribution in [2.45, 2.75) is 20.0 Å². The molecular formula is C21H21NO5. The third kappa shape index (κ3) is 4.47. The molecule has 0 aromatic heterocycles. The zero-order valence-electron chi connectivity index (χ0n) is 15.3. The Bertz CT molecular complexity index is 847. The molecule has 6 heteroatoms. The van der Waals surface area contributed by atoms with Crippen LogP contribution in [0.15, 0.2) is 54.6 Å². The van der Waals surface area contributed by atoms with Crippen molar-refractivity contribution in [2.75, 3.05) is 18.2 Å². The highest BCUT2D eigenvalue weighted by Gasteiger charge is 2.23. The molecule has 1 aliphatic rings. The van der Waals surface area contributed by atoms with E-state index >= 15 is 0 Å². The van der Waals surface area contributed by atoms with Crippen molar-refractivity contribution >= 4 is 23.6 Å². The number of nitrogens with zero attached hydrogens (tertiary/aromatic N) is 1. The van der Waals surface area contributed by atoms with Crippen LogP contribution in [0, 0.1) is 0 Å². The lowest BCUT2D eigenvalue weighted by Gasteiger charge is -2.24. The van der Waals surface area contributed by atoms with E-state index in [1.54, 1.807) is 36.1 Å². The van der Waals surface area contributed by atoms with Crippen LogP contribution in [-0.2, 0) is 14.3 Å². The molecule has 1 amide bonds. The number of ether oxygens (including phenoxy) is 3. The summed E-state index contributed by atoms with van der Waals surface area (Å²) in [5.41, 5.74) is 1.54. The minimum atomic E-state index is -0.890. The van der Waals surface area contributed by atoms with E-state index in [0.717, 1.165) is 11.3 Å². The third-order valence-electron chi connectivity index (χ3n) is 4.10. The Kier molecular flexibility index (Phi) is 5.76. The molecule has 140 valence electrons. The smallest absolute Gasteiger partial charge is 0.331 e. The van der Waals surface area contributed by atoms with Crippen LogP contribution in [0.4, 0.5) is 5.69 Å². The van der Waals surface area contributed by atoms with E-state index in [0.29, 0.717) is 18.0 Å². The Morgan fingerprint density at radius 3 is 2.63 bits per heavy atom. The second kappa shape index (κ2) is 8.40. The number of anilines is 1. The van der Waals surface area contributed by atoms with Gasteiger partial charge in [0.05, 0.1) is 0 Å². The average Bonchev–Trinajstić information content (AvgIpc) is 3.15. The molecule has 1 atom stereocenters. The Morgan fingerprint density at radius 2 is 1.89 bits per heavy atom. The topological polar surface area (TPSA) is 65.1 Å². The summed E-state index contributed by atoms with van der Waals surface area (Å²) < 4.78 is 15.8. The summed E-state index contributed by atoms with van der Waals surface area (Å²) in [6.07, 6.45) is 2.01. The molecule has 6 nitrogen and oxygen atoms in total. The van der Waals surface area contributed by atoms with E-state index in [4.69, 9.17) is 14.2 Å². The normalized spacial score (nSPS) is 13.4. The van der Waals surface area contributed by atoms with Crippen LogP contribution in [-0.4, -0.2) is 31.3 Å². The van der Waals surface area contributed by atoms with E-state index in [1.807, 2.05) is 37.3 Å². The number of carbonyl (C=O) groups is 2. The molecular weight excluding hydrogens is 346 g/mol. The predicted molar refractivity (Wildman–Crippen MR) is 102 cm³/mol. The molecule has 2 aromatic carbocycles. The molecule has 0 radical (unpaired) electrons. The third-order valence-corrected chi connectivity index (χ3v) is 4.10. The molecule has 0 unspecified atom stereocenters. The predicted octanol–water partition coefficient (Wildman–Crippen LogP) is 3.41. The maximum Gasteiger partial charge on any atom is 0.331 e. The average molecular weight is 367 g/mol. The number of hydrogen-bond donors (Lipinski definition) is 0. The van der Waals surface area contributed by atoms with Gasteiger partial charge < -0.3 is 19.1 Å². The first kappa shape index (κ1) is 18.5. The Balaban J connectivity index is 1.60. The van der Waals surface area contributed by atoms with Crippen molar-refractivity contribution in [3.8, 4) is 11.5 Å². The van der Waals surface area contributed by atoms with Gasteiger partial charge in [-0.3, -0.25) is 4.79 Å². The number of esters is 1. The van der Waals surface area contributed by atoms with Gasteiger partial charge in [0, 0.05) is 18.3 Å². The van der Waals surface area contributed by atoms with E-state index in [-0.39, 0.29) is 12.7 Å². The molecule has 0 aliphatic carbocycles. The Hall–Kier alpha value is -3.28. The van der Waals surface area contributed by atoms with Gasteiger partial charge in [0.15, 0.2) is 17.6 Å². The molecule has 0 spiro atoms. The maximum atomic E-state index is 12.6. The number of carbonyl (C=O) groups excluding carboxylic acids is 2. The quantitative estimate of drug-likeness (QED) is 0.578. The SMILES string of the molecule is CCN(C(=O)[C@H](C)OC(=O)/C=C/c1ccc2c(c1)OCO2)c1ccccc1. The van der Waals surface area contributed by atoms with Crippen LogP contribution < -0.4 is 14.4 Å². The van der Waals surface area contributed by atoms with Crippen molar-refractivity contribution in [2.24, 2.45) is 0 Å². The van der Waals surface area contributed by atoms with Crippen molar-refractivity contribution in [3.63, 3.8) is 0 Å². The molecule has 3 rings (SSSR count). The summed E-state index contributed by atoms with van der Waals surface area (Å²) in [7, 11) is 0. The molecule has 2 aromatic rings. The van der Waals surface area contributed by atoms with Crippen molar-refractivity contribution in [1.82, 2.24) is 0 Å². The standard InChI is InChI=1S/C21H21NO5/c1-3-22(17-7-5-4-6-8-17)21(24)15(2)27-20(23)12-10-16-9-11-18-19(13-16)26-14-25-18/h4-13,15H,3,14H2,1-2H3/b12-10+/t15-/m0/s1. The number of amides is 1. The van der Waals surface area contributed by atoms with E-state index < -0.39 is 12.1 Å². The Labute approximate surface area is 158 Å². The first-order valence-electron chi connectivity index (χ1n) is 8.73. The summed E-state index contributed by atoms with van der Waals surface area (Å²) in [5, 5.41) is 0. The Morgan fingerprint density at radius 1 is 1.15 bits per heavy atom. The molecule has 0 bridgehead atoms. The van der Waals surface area contributed by atoms with Crippen LogP contribution >= 0.6 is 0 Å². The first-order valence-corrected chi connectivity index (χ1v) is 8.73. The number of hydrogen-bond acceptors (Lipinski definition) is 5. The van der Waals surface area contributed by atoms with Gasteiger partial charge in [0.1, 0.15) is 0 Å². The minimum Gasteiger partial charge on any atom is -0.454 e. The monoisotopic (exact) mass is 367 g/mol. The van der Waals surface area contributed by atoms with Gasteiger partial charge in [0.25, 0.3) is 5.91 Å². The van der Waals surface area contributed by atoms with Gasteiger partial charge in [-0.2, -0.15) is 0 Å². The highest BCUT2D eigenvalue weighted by atomic mass is 16.7. The lowest BCUT2D eigenvalue weighted by molar-refractivity contribution is -0.149. The highest BCUT2D eigenvalue weighted by Crippen LogP contribution is 2.32. The number of para-hydroxylation sites is 1. The molecule has 0 saturated heterocycles. The zero-order chi connectivity index (χ0) is 19.2. The van der Waals surface area contributed by atoms with Gasteiger partial charge in [0.2, 0.25) is 6.79 Å². The van der Waals surface area contributed by atoms with E-state index in [9.17, 15) is 9.59 Å². The van der Waals surface area contributed by atoms with Gasteiger partial charge >= 0.3 is 5.97 Å². The van der Waals surface area contributed by atoms with Crippen LogP contribution in [0.1, 0.15) is 19.4 Å². The second-order valence-corrected chi connectivity index (χ2v) is 5.94.